The van der Waals surface area contributed by atoms with Gasteiger partial charge in [-0.05, 0) is 32.3 Å². The molecule has 0 bridgehead atoms. The quantitative estimate of drug-likeness (QED) is 0.821. The molecule has 1 aliphatic carbocycles. The highest BCUT2D eigenvalue weighted by atomic mass is 32.2. The van der Waals surface area contributed by atoms with Gasteiger partial charge in [0, 0.05) is 37.0 Å². The Kier molecular flexibility index (Phi) is 4.09. The molecule has 0 aromatic carbocycles. The van der Waals surface area contributed by atoms with Crippen LogP contribution < -0.4 is 4.72 Å². The van der Waals surface area contributed by atoms with E-state index in [2.05, 4.69) is 4.72 Å². The molecule has 2 unspecified atom stereocenters. The maximum Gasteiger partial charge on any atom is 0.242 e. The molecule has 118 valence electrons. The molecule has 2 N–H and O–H groups in total. The molecule has 1 aromatic heterocycles. The maximum atomic E-state index is 12.4. The Balaban J connectivity index is 1.72. The summed E-state index contributed by atoms with van der Waals surface area (Å²) in [6.45, 7) is 2.92. The highest BCUT2D eigenvalue weighted by molar-refractivity contribution is 7.89. The fourth-order valence-corrected chi connectivity index (χ4v) is 3.95. The third kappa shape index (κ3) is 3.15. The molecule has 0 amide bonds. The summed E-state index contributed by atoms with van der Waals surface area (Å²) in [6.07, 6.45) is 4.71. The Bertz CT molecular complexity index is 606. The number of ether oxygens (including phenoxy) is 1. The summed E-state index contributed by atoms with van der Waals surface area (Å²) < 4.78 is 34.7. The highest BCUT2D eigenvalue weighted by Crippen LogP contribution is 2.37. The topological polar surface area (TPSA) is 80.6 Å². The Morgan fingerprint density at radius 3 is 2.76 bits per heavy atom. The number of rotatable bonds is 6. The monoisotopic (exact) mass is 314 g/mol. The van der Waals surface area contributed by atoms with Crippen LogP contribution >= 0.6 is 0 Å². The van der Waals surface area contributed by atoms with E-state index in [1.165, 1.54) is 0 Å². The van der Waals surface area contributed by atoms with Crippen molar-refractivity contribution >= 4 is 10.0 Å². The molecule has 1 saturated heterocycles. The molecule has 2 fully saturated rings. The van der Waals surface area contributed by atoms with E-state index in [1.54, 1.807) is 12.3 Å². The van der Waals surface area contributed by atoms with Crippen molar-refractivity contribution in [3.8, 4) is 0 Å². The lowest BCUT2D eigenvalue weighted by atomic mass is 10.0. The molecule has 0 spiro atoms. The minimum Gasteiger partial charge on any atom is -0.390 e. The van der Waals surface area contributed by atoms with Crippen molar-refractivity contribution < 1.29 is 18.3 Å². The summed E-state index contributed by atoms with van der Waals surface area (Å²) in [5, 5.41) is 9.36. The van der Waals surface area contributed by atoms with Gasteiger partial charge in [0.05, 0.1) is 17.6 Å². The fourth-order valence-electron chi connectivity index (χ4n) is 2.81. The Morgan fingerprint density at radius 2 is 2.19 bits per heavy atom. The number of nitrogens with one attached hydrogen (secondary N) is 1. The van der Waals surface area contributed by atoms with Crippen LogP contribution in [0, 0.1) is 5.92 Å². The van der Waals surface area contributed by atoms with Gasteiger partial charge in [0.25, 0.3) is 0 Å². The molecule has 3 rings (SSSR count). The van der Waals surface area contributed by atoms with Gasteiger partial charge in [-0.25, -0.2) is 13.1 Å². The lowest BCUT2D eigenvalue weighted by Gasteiger charge is -2.14. The summed E-state index contributed by atoms with van der Waals surface area (Å²) in [7, 11) is -3.53. The number of aliphatic hydroxyl groups excluding tert-OH is 1. The van der Waals surface area contributed by atoms with E-state index in [0.717, 1.165) is 19.3 Å². The minimum absolute atomic E-state index is 0.0942. The molecule has 21 heavy (non-hydrogen) atoms. The number of aliphatic hydroxyl groups is 1. The maximum absolute atomic E-state index is 12.4. The first-order valence-electron chi connectivity index (χ1n) is 7.44. The molecule has 2 atom stereocenters. The van der Waals surface area contributed by atoms with Crippen LogP contribution in [-0.4, -0.2) is 37.3 Å². The first-order valence-corrected chi connectivity index (χ1v) is 8.92. The average molecular weight is 314 g/mol. The van der Waals surface area contributed by atoms with E-state index in [1.807, 2.05) is 11.5 Å². The van der Waals surface area contributed by atoms with E-state index < -0.39 is 10.0 Å². The van der Waals surface area contributed by atoms with Crippen LogP contribution in [0.2, 0.25) is 0 Å². The molecule has 1 saturated carbocycles. The zero-order valence-corrected chi connectivity index (χ0v) is 13.0. The lowest BCUT2D eigenvalue weighted by molar-refractivity contribution is 0.107. The van der Waals surface area contributed by atoms with E-state index in [-0.39, 0.29) is 23.5 Å². The molecule has 1 aromatic rings. The second-order valence-corrected chi connectivity index (χ2v) is 7.71. The molecule has 2 heterocycles. The van der Waals surface area contributed by atoms with Crippen molar-refractivity contribution in [2.45, 2.75) is 49.8 Å². The molecule has 6 nitrogen and oxygen atoms in total. The van der Waals surface area contributed by atoms with Crippen LogP contribution in [0.4, 0.5) is 0 Å². The molecule has 1 aliphatic heterocycles. The van der Waals surface area contributed by atoms with Gasteiger partial charge in [0.15, 0.2) is 0 Å². The first-order chi connectivity index (χ1) is 10.0. The van der Waals surface area contributed by atoms with Gasteiger partial charge < -0.3 is 14.4 Å². The number of aromatic nitrogens is 1. The SMILES string of the molecule is CC1OCCC1CNS(=O)(=O)c1cc(CO)n(C2CC2)c1. The summed E-state index contributed by atoms with van der Waals surface area (Å²) in [5.74, 6) is 0.225. The first kappa shape index (κ1) is 15.0. The molecule has 7 heteroatoms. The van der Waals surface area contributed by atoms with Gasteiger partial charge in [-0.2, -0.15) is 0 Å². The van der Waals surface area contributed by atoms with Crippen molar-refractivity contribution in [2.75, 3.05) is 13.2 Å². The smallest absolute Gasteiger partial charge is 0.242 e. The largest absolute Gasteiger partial charge is 0.390 e. The molecule has 2 aliphatic rings. The van der Waals surface area contributed by atoms with Crippen LogP contribution in [0.5, 0.6) is 0 Å². The Labute approximate surface area is 125 Å². The van der Waals surface area contributed by atoms with Crippen LogP contribution in [0.25, 0.3) is 0 Å². The number of sulfonamides is 1. The predicted molar refractivity (Wildman–Crippen MR) is 77.3 cm³/mol. The van der Waals surface area contributed by atoms with E-state index in [4.69, 9.17) is 4.74 Å². The second kappa shape index (κ2) is 5.72. The Hall–Kier alpha value is -0.890. The number of hydrogen-bond acceptors (Lipinski definition) is 4. The standard InChI is InChI=1S/C14H22N2O4S/c1-10-11(4-5-20-10)7-15-21(18,19)14-6-13(9-17)16(8-14)12-2-3-12/h6,8,10-12,15,17H,2-5,7,9H2,1H3. The summed E-state index contributed by atoms with van der Waals surface area (Å²) >= 11 is 0. The summed E-state index contributed by atoms with van der Waals surface area (Å²) in [4.78, 5) is 0.241. The van der Waals surface area contributed by atoms with Crippen LogP contribution in [0.1, 0.15) is 37.9 Å². The zero-order chi connectivity index (χ0) is 15.0. The molecule has 0 radical (unpaired) electrons. The third-order valence-corrected chi connectivity index (χ3v) is 5.78. The van der Waals surface area contributed by atoms with Crippen molar-refractivity contribution in [1.82, 2.24) is 9.29 Å². The van der Waals surface area contributed by atoms with Crippen molar-refractivity contribution in [3.63, 3.8) is 0 Å². The Morgan fingerprint density at radius 1 is 1.43 bits per heavy atom. The fraction of sp³-hybridized carbons (Fsp3) is 0.714. The zero-order valence-electron chi connectivity index (χ0n) is 12.2. The van der Waals surface area contributed by atoms with E-state index in [9.17, 15) is 13.5 Å². The van der Waals surface area contributed by atoms with Gasteiger partial charge in [0.2, 0.25) is 10.0 Å². The second-order valence-electron chi connectivity index (χ2n) is 5.94. The number of hydrogen-bond donors (Lipinski definition) is 2. The molecular formula is C14H22N2O4S. The van der Waals surface area contributed by atoms with Gasteiger partial charge in [-0.15, -0.1) is 0 Å². The van der Waals surface area contributed by atoms with Gasteiger partial charge in [0.1, 0.15) is 0 Å². The van der Waals surface area contributed by atoms with Gasteiger partial charge >= 0.3 is 0 Å². The number of nitrogens with zero attached hydrogens (tertiary/aromatic N) is 1. The van der Waals surface area contributed by atoms with Gasteiger partial charge in [-0.3, -0.25) is 0 Å². The van der Waals surface area contributed by atoms with Crippen LogP contribution in [0.15, 0.2) is 17.2 Å². The minimum atomic E-state index is -3.53. The van der Waals surface area contributed by atoms with Crippen molar-refractivity contribution in [3.05, 3.63) is 18.0 Å². The normalized spacial score (nSPS) is 26.4. The summed E-state index contributed by atoms with van der Waals surface area (Å²) in [5.41, 5.74) is 0.662. The van der Waals surface area contributed by atoms with Crippen molar-refractivity contribution in [1.29, 1.82) is 0 Å². The highest BCUT2D eigenvalue weighted by Gasteiger charge is 2.29. The lowest BCUT2D eigenvalue weighted by Crippen LogP contribution is -2.31. The van der Waals surface area contributed by atoms with Crippen LogP contribution in [0.3, 0.4) is 0 Å². The van der Waals surface area contributed by atoms with Gasteiger partial charge in [-0.1, -0.05) is 0 Å². The summed E-state index contributed by atoms with van der Waals surface area (Å²) in [6, 6.07) is 1.91. The van der Waals surface area contributed by atoms with E-state index >= 15 is 0 Å². The van der Waals surface area contributed by atoms with Crippen molar-refractivity contribution in [2.24, 2.45) is 5.92 Å². The van der Waals surface area contributed by atoms with E-state index in [0.29, 0.717) is 24.9 Å². The molecular weight excluding hydrogens is 292 g/mol. The average Bonchev–Trinajstić information content (AvgIpc) is 3.06. The predicted octanol–water partition coefficient (Wildman–Crippen LogP) is 1.02. The third-order valence-electron chi connectivity index (χ3n) is 4.39. The van der Waals surface area contributed by atoms with Crippen LogP contribution in [-0.2, 0) is 21.4 Å².